The molecule has 2 aliphatic carbocycles. The van der Waals surface area contributed by atoms with Gasteiger partial charge in [-0.1, -0.05) is 12.5 Å². The van der Waals surface area contributed by atoms with Crippen LogP contribution in [0.1, 0.15) is 55.7 Å². The summed E-state index contributed by atoms with van der Waals surface area (Å²) in [5.74, 6) is -0.163. The van der Waals surface area contributed by atoms with E-state index in [2.05, 4.69) is 5.32 Å². The third-order valence-electron chi connectivity index (χ3n) is 5.26. The second-order valence-electron chi connectivity index (χ2n) is 6.69. The summed E-state index contributed by atoms with van der Waals surface area (Å²) in [6, 6.07) is 5.92. The molecule has 124 valence electrons. The minimum Gasteiger partial charge on any atom is -0.497 e. The van der Waals surface area contributed by atoms with Gasteiger partial charge in [-0.2, -0.15) is 0 Å². The highest BCUT2D eigenvalue weighted by Gasteiger charge is 2.46. The van der Waals surface area contributed by atoms with Crippen LogP contribution >= 0.6 is 0 Å². The molecule has 0 bridgehead atoms. The number of carboxylic acids is 1. The largest absolute Gasteiger partial charge is 0.497 e. The van der Waals surface area contributed by atoms with Crippen molar-refractivity contribution in [3.8, 4) is 5.75 Å². The molecule has 2 N–H and O–H groups in total. The molecule has 1 aromatic carbocycles. The lowest BCUT2D eigenvalue weighted by Crippen LogP contribution is -2.43. The molecule has 0 radical (unpaired) electrons. The molecular weight excluding hydrogens is 294 g/mol. The van der Waals surface area contributed by atoms with Crippen LogP contribution in [0.25, 0.3) is 0 Å². The third-order valence-corrected chi connectivity index (χ3v) is 5.26. The molecule has 5 heteroatoms. The molecule has 1 unspecified atom stereocenters. The van der Waals surface area contributed by atoms with Gasteiger partial charge in [0.1, 0.15) is 5.75 Å². The van der Waals surface area contributed by atoms with Gasteiger partial charge >= 0.3 is 5.97 Å². The topological polar surface area (TPSA) is 75.6 Å². The summed E-state index contributed by atoms with van der Waals surface area (Å²) in [6.45, 7) is 0. The van der Waals surface area contributed by atoms with Crippen LogP contribution < -0.4 is 10.1 Å². The zero-order valence-electron chi connectivity index (χ0n) is 13.4. The average Bonchev–Trinajstić information content (AvgIpc) is 2.50. The Kier molecular flexibility index (Phi) is 4.28. The number of hydrogen-bond donors (Lipinski definition) is 2. The first-order chi connectivity index (χ1) is 11.0. The summed E-state index contributed by atoms with van der Waals surface area (Å²) < 4.78 is 5.26. The van der Waals surface area contributed by atoms with Gasteiger partial charge in [0, 0.05) is 6.42 Å². The SMILES string of the molecule is COc1ccc2c(c1)CCCC2NC(=O)CC1(C(=O)O)CCC1. The Balaban J connectivity index is 1.69. The van der Waals surface area contributed by atoms with Crippen molar-refractivity contribution in [2.24, 2.45) is 5.41 Å². The van der Waals surface area contributed by atoms with E-state index in [1.807, 2.05) is 18.2 Å². The van der Waals surface area contributed by atoms with Crippen molar-refractivity contribution in [3.63, 3.8) is 0 Å². The van der Waals surface area contributed by atoms with E-state index in [0.29, 0.717) is 12.8 Å². The number of methoxy groups -OCH3 is 1. The highest BCUT2D eigenvalue weighted by Crippen LogP contribution is 2.44. The summed E-state index contributed by atoms with van der Waals surface area (Å²) in [4.78, 5) is 23.8. The minimum atomic E-state index is -0.840. The summed E-state index contributed by atoms with van der Waals surface area (Å²) in [7, 11) is 1.65. The smallest absolute Gasteiger partial charge is 0.310 e. The fourth-order valence-corrected chi connectivity index (χ4v) is 3.69. The number of hydrogen-bond acceptors (Lipinski definition) is 3. The molecule has 0 spiro atoms. The van der Waals surface area contributed by atoms with Crippen LogP contribution in [-0.2, 0) is 16.0 Å². The summed E-state index contributed by atoms with van der Waals surface area (Å²) in [6.07, 6.45) is 5.08. The lowest BCUT2D eigenvalue weighted by Gasteiger charge is -2.37. The minimum absolute atomic E-state index is 0.0249. The number of nitrogens with one attached hydrogen (secondary N) is 1. The number of benzene rings is 1. The Hall–Kier alpha value is -2.04. The van der Waals surface area contributed by atoms with E-state index in [-0.39, 0.29) is 18.4 Å². The summed E-state index contributed by atoms with van der Waals surface area (Å²) >= 11 is 0. The van der Waals surface area contributed by atoms with Gasteiger partial charge < -0.3 is 15.2 Å². The van der Waals surface area contributed by atoms with E-state index in [1.54, 1.807) is 7.11 Å². The molecule has 2 aliphatic rings. The van der Waals surface area contributed by atoms with E-state index in [1.165, 1.54) is 5.56 Å². The van der Waals surface area contributed by atoms with Crippen molar-refractivity contribution < 1.29 is 19.4 Å². The molecule has 0 aromatic heterocycles. The molecule has 23 heavy (non-hydrogen) atoms. The number of carbonyl (C=O) groups excluding carboxylic acids is 1. The average molecular weight is 317 g/mol. The van der Waals surface area contributed by atoms with Crippen LogP contribution in [0.5, 0.6) is 5.75 Å². The van der Waals surface area contributed by atoms with Crippen LogP contribution in [-0.4, -0.2) is 24.1 Å². The van der Waals surface area contributed by atoms with Crippen molar-refractivity contribution in [2.45, 2.75) is 51.0 Å². The lowest BCUT2D eigenvalue weighted by molar-refractivity contribution is -0.157. The van der Waals surface area contributed by atoms with Gasteiger partial charge in [-0.05, 0) is 55.4 Å². The van der Waals surface area contributed by atoms with Gasteiger partial charge in [-0.15, -0.1) is 0 Å². The molecular formula is C18H23NO4. The van der Waals surface area contributed by atoms with Crippen molar-refractivity contribution in [1.29, 1.82) is 0 Å². The van der Waals surface area contributed by atoms with Gasteiger partial charge in [0.05, 0.1) is 18.6 Å². The van der Waals surface area contributed by atoms with Gasteiger partial charge in [0.25, 0.3) is 0 Å². The first-order valence-corrected chi connectivity index (χ1v) is 8.24. The molecule has 0 heterocycles. The first-order valence-electron chi connectivity index (χ1n) is 8.24. The molecule has 3 rings (SSSR count). The van der Waals surface area contributed by atoms with Crippen molar-refractivity contribution in [1.82, 2.24) is 5.32 Å². The molecule has 1 saturated carbocycles. The van der Waals surface area contributed by atoms with Gasteiger partial charge in [-0.25, -0.2) is 0 Å². The highest BCUT2D eigenvalue weighted by atomic mass is 16.5. The molecule has 5 nitrogen and oxygen atoms in total. The number of fused-ring (bicyclic) bond motifs is 1. The molecule has 1 fully saturated rings. The second-order valence-corrected chi connectivity index (χ2v) is 6.69. The number of aryl methyl sites for hydroxylation is 1. The van der Waals surface area contributed by atoms with Crippen LogP contribution in [0, 0.1) is 5.41 Å². The number of carboxylic acid groups (broad SMARTS) is 1. The van der Waals surface area contributed by atoms with Gasteiger partial charge in [0.2, 0.25) is 5.91 Å². The Morgan fingerprint density at radius 2 is 2.13 bits per heavy atom. The lowest BCUT2D eigenvalue weighted by atomic mass is 9.66. The summed E-state index contributed by atoms with van der Waals surface area (Å²) in [5, 5.41) is 12.4. The number of aliphatic carboxylic acids is 1. The van der Waals surface area contributed by atoms with E-state index < -0.39 is 11.4 Å². The number of rotatable bonds is 5. The van der Waals surface area contributed by atoms with E-state index in [9.17, 15) is 14.7 Å². The Morgan fingerprint density at radius 3 is 2.74 bits per heavy atom. The zero-order chi connectivity index (χ0) is 16.4. The summed E-state index contributed by atoms with van der Waals surface area (Å²) in [5.41, 5.74) is 1.50. The van der Waals surface area contributed by atoms with Crippen LogP contribution in [0.3, 0.4) is 0 Å². The normalized spacial score (nSPS) is 21.7. The predicted octanol–water partition coefficient (Wildman–Crippen LogP) is 2.83. The van der Waals surface area contributed by atoms with Crippen LogP contribution in [0.2, 0.25) is 0 Å². The fraction of sp³-hybridized carbons (Fsp3) is 0.556. The number of amides is 1. The standard InChI is InChI=1S/C18H23NO4/c1-23-13-6-7-14-12(10-13)4-2-5-15(14)19-16(20)11-18(17(21)22)8-3-9-18/h6-7,10,15H,2-5,8-9,11H2,1H3,(H,19,20)(H,21,22). The third kappa shape index (κ3) is 3.05. The van der Waals surface area contributed by atoms with E-state index in [0.717, 1.165) is 37.0 Å². The molecule has 1 aromatic rings. The van der Waals surface area contributed by atoms with E-state index >= 15 is 0 Å². The zero-order valence-corrected chi connectivity index (χ0v) is 13.4. The maximum Gasteiger partial charge on any atom is 0.310 e. The Morgan fingerprint density at radius 1 is 1.35 bits per heavy atom. The Labute approximate surface area is 136 Å². The van der Waals surface area contributed by atoms with Crippen LogP contribution in [0.4, 0.5) is 0 Å². The molecule has 1 amide bonds. The second kappa shape index (κ2) is 6.22. The molecule has 0 saturated heterocycles. The maximum atomic E-state index is 12.4. The van der Waals surface area contributed by atoms with Gasteiger partial charge in [0.15, 0.2) is 0 Å². The quantitative estimate of drug-likeness (QED) is 0.875. The first kappa shape index (κ1) is 15.8. The van der Waals surface area contributed by atoms with Crippen molar-refractivity contribution >= 4 is 11.9 Å². The number of carbonyl (C=O) groups is 2. The fourth-order valence-electron chi connectivity index (χ4n) is 3.69. The van der Waals surface area contributed by atoms with Crippen molar-refractivity contribution in [2.75, 3.05) is 7.11 Å². The molecule has 1 atom stereocenters. The van der Waals surface area contributed by atoms with Crippen molar-refractivity contribution in [3.05, 3.63) is 29.3 Å². The monoisotopic (exact) mass is 317 g/mol. The Bertz CT molecular complexity index is 621. The van der Waals surface area contributed by atoms with Crippen LogP contribution in [0.15, 0.2) is 18.2 Å². The number of ether oxygens (including phenoxy) is 1. The molecule has 0 aliphatic heterocycles. The maximum absolute atomic E-state index is 12.4. The highest BCUT2D eigenvalue weighted by molar-refractivity contribution is 5.85. The van der Waals surface area contributed by atoms with Gasteiger partial charge in [-0.3, -0.25) is 9.59 Å². The predicted molar refractivity (Wildman–Crippen MR) is 85.4 cm³/mol. The van der Waals surface area contributed by atoms with E-state index in [4.69, 9.17) is 4.74 Å².